The van der Waals surface area contributed by atoms with Crippen LogP contribution in [0.4, 0.5) is 13.2 Å². The number of nitrogens with zero attached hydrogens (tertiary/aromatic N) is 2. The molecule has 2 aromatic rings. The number of nitrogens with two attached hydrogens (primary N) is 1. The maximum atomic E-state index is 13.8. The Morgan fingerprint density at radius 3 is 2.33 bits per heavy atom. The van der Waals surface area contributed by atoms with Gasteiger partial charge in [-0.2, -0.15) is 17.9 Å². The number of hydrogen-bond donors (Lipinski definition) is 6. The van der Waals surface area contributed by atoms with Crippen molar-refractivity contribution < 1.29 is 55.5 Å². The summed E-state index contributed by atoms with van der Waals surface area (Å²) < 4.78 is 67.0. The molecule has 5 amide bonds. The van der Waals surface area contributed by atoms with E-state index in [1.54, 1.807) is 37.6 Å². The Hall–Kier alpha value is -4.82. The van der Waals surface area contributed by atoms with Gasteiger partial charge in [-0.05, 0) is 54.5 Å². The maximum absolute atomic E-state index is 13.8. The van der Waals surface area contributed by atoms with Crippen LogP contribution in [0.25, 0.3) is 0 Å². The third kappa shape index (κ3) is 13.2. The monoisotopic (exact) mass is 817 g/mol. The molecule has 7 N–H and O–H groups in total. The highest BCUT2D eigenvalue weighted by molar-refractivity contribution is 7.89. The number of rotatable bonds is 17. The molecule has 4 atom stereocenters. The topological polar surface area (TPSA) is 247 Å². The highest BCUT2D eigenvalue weighted by atomic mass is 35.5. The number of sulfonamides is 1. The van der Waals surface area contributed by atoms with E-state index < -0.39 is 116 Å². The van der Waals surface area contributed by atoms with Crippen molar-refractivity contribution in [1.29, 1.82) is 0 Å². The zero-order valence-corrected chi connectivity index (χ0v) is 31.7. The minimum absolute atomic E-state index is 0.0376. The highest BCUT2D eigenvalue weighted by Crippen LogP contribution is 2.36. The molecule has 1 aliphatic rings. The fourth-order valence-electron chi connectivity index (χ4n) is 5.76. The number of primary amides is 1. The van der Waals surface area contributed by atoms with E-state index in [2.05, 4.69) is 20.9 Å². The molecule has 55 heavy (non-hydrogen) atoms. The molecule has 1 aromatic heterocycles. The van der Waals surface area contributed by atoms with Crippen molar-refractivity contribution in [1.82, 2.24) is 30.6 Å². The van der Waals surface area contributed by atoms with Crippen LogP contribution in [0.1, 0.15) is 64.0 Å². The molecule has 1 aromatic carbocycles. The number of alkyl halides is 3. The molecule has 1 fully saturated rings. The normalized spacial score (nSPS) is 16.4. The van der Waals surface area contributed by atoms with Crippen molar-refractivity contribution >= 4 is 57.1 Å². The van der Waals surface area contributed by atoms with Gasteiger partial charge in [-0.25, -0.2) is 8.42 Å². The number of hydrogen-bond acceptors (Lipinski definition) is 9. The minimum atomic E-state index is -5.00. The second-order valence-electron chi connectivity index (χ2n) is 14.0. The van der Waals surface area contributed by atoms with Crippen LogP contribution in [-0.2, 0) is 51.4 Å². The average Bonchev–Trinajstić information content (AvgIpc) is 3.54. The van der Waals surface area contributed by atoms with Crippen LogP contribution in [0.5, 0.6) is 0 Å². The molecule has 21 heteroatoms. The molecule has 0 aliphatic carbocycles. The number of nitrogens with one attached hydrogen (secondary N) is 4. The highest BCUT2D eigenvalue weighted by Gasteiger charge is 2.41. The number of pyridine rings is 1. The van der Waals surface area contributed by atoms with E-state index in [0.29, 0.717) is 31.0 Å². The predicted molar refractivity (Wildman–Crippen MR) is 190 cm³/mol. The van der Waals surface area contributed by atoms with Crippen molar-refractivity contribution in [2.75, 3.05) is 13.1 Å². The Morgan fingerprint density at radius 1 is 1.05 bits per heavy atom. The Kier molecular flexibility index (Phi) is 15.1. The van der Waals surface area contributed by atoms with Gasteiger partial charge in [-0.1, -0.05) is 38.4 Å². The van der Waals surface area contributed by atoms with Gasteiger partial charge in [0, 0.05) is 44.2 Å². The summed E-state index contributed by atoms with van der Waals surface area (Å²) in [6, 6.07) is 0.222. The summed E-state index contributed by atoms with van der Waals surface area (Å²) in [7, 11) is -4.83. The molecule has 0 unspecified atom stereocenters. The fraction of sp³-hybridized carbons (Fsp3) is 0.500. The molecule has 1 saturated heterocycles. The third-order valence-corrected chi connectivity index (χ3v) is 10.4. The molecule has 3 rings (SSSR count). The van der Waals surface area contributed by atoms with Crippen molar-refractivity contribution in [3.05, 3.63) is 58.9 Å². The van der Waals surface area contributed by atoms with Crippen molar-refractivity contribution in [2.45, 2.75) is 94.5 Å². The summed E-state index contributed by atoms with van der Waals surface area (Å²) in [5.41, 5.74) is 3.66. The first-order valence-electron chi connectivity index (χ1n) is 17.0. The second-order valence-corrected chi connectivity index (χ2v) is 16.1. The summed E-state index contributed by atoms with van der Waals surface area (Å²) >= 11 is 5.54. The molecule has 16 nitrogen and oxygen atoms in total. The predicted octanol–water partition coefficient (Wildman–Crippen LogP) is 1.51. The Bertz CT molecular complexity index is 1860. The van der Waals surface area contributed by atoms with Gasteiger partial charge in [0.25, 0.3) is 0 Å². The van der Waals surface area contributed by atoms with E-state index in [0.717, 1.165) is 6.07 Å². The second kappa shape index (κ2) is 18.7. The van der Waals surface area contributed by atoms with Gasteiger partial charge in [0.1, 0.15) is 18.1 Å². The minimum Gasteiger partial charge on any atom is -0.480 e. The molecule has 0 spiro atoms. The van der Waals surface area contributed by atoms with Gasteiger partial charge in [-0.15, -0.1) is 0 Å². The van der Waals surface area contributed by atoms with E-state index in [1.165, 1.54) is 17.3 Å². The summed E-state index contributed by atoms with van der Waals surface area (Å²) in [5.74, 6) is -5.21. The van der Waals surface area contributed by atoms with Crippen LogP contribution in [-0.4, -0.2) is 96.2 Å². The number of carbonyl (C=O) groups excluding carboxylic acids is 5. The standard InChI is InChI=1S/C34H43ClF3N7O9S/c1-33(2,3)29(31(50)45-13-5-7-20(45)15-26(39)46)43-30(49)25(14-19-6-4-12-40-17-19)42-28(48)18-41-27(47)11-10-24(32(51)52)44-55(53,54)21-8-9-23(35)22(16-21)34(36,37)38/h4,6,8-9,12,16-17,20,24-25,29,44H,5,7,10-11,13-15,18H2,1-3H3,(H2,39,46)(H,41,47)(H,42,48)(H,43,49)(H,51,52)/t20-,24-,25-,29+/m0/s1. The number of aliphatic carboxylic acids is 1. The van der Waals surface area contributed by atoms with Crippen molar-refractivity contribution in [3.63, 3.8) is 0 Å². The average molecular weight is 818 g/mol. The first-order valence-corrected chi connectivity index (χ1v) is 18.8. The molecular weight excluding hydrogens is 775 g/mol. The molecule has 0 bridgehead atoms. The van der Waals surface area contributed by atoms with Gasteiger partial charge < -0.3 is 31.7 Å². The summed E-state index contributed by atoms with van der Waals surface area (Å²) in [4.78, 5) is 81.2. The van der Waals surface area contributed by atoms with Crippen LogP contribution in [0.2, 0.25) is 5.02 Å². The van der Waals surface area contributed by atoms with Crippen LogP contribution in [0, 0.1) is 5.41 Å². The van der Waals surface area contributed by atoms with Gasteiger partial charge in [0.2, 0.25) is 39.6 Å². The van der Waals surface area contributed by atoms with E-state index in [9.17, 15) is 55.5 Å². The zero-order valence-electron chi connectivity index (χ0n) is 30.1. The lowest BCUT2D eigenvalue weighted by Crippen LogP contribution is -2.60. The van der Waals surface area contributed by atoms with E-state index in [-0.39, 0.29) is 18.9 Å². The summed E-state index contributed by atoms with van der Waals surface area (Å²) in [5, 5.41) is 16.3. The molecule has 0 radical (unpaired) electrons. The molecule has 1 aliphatic heterocycles. The van der Waals surface area contributed by atoms with E-state index in [4.69, 9.17) is 17.3 Å². The molecular formula is C34H43ClF3N7O9S. The van der Waals surface area contributed by atoms with Crippen LogP contribution < -0.4 is 26.4 Å². The van der Waals surface area contributed by atoms with Crippen LogP contribution in [0.15, 0.2) is 47.6 Å². The quantitative estimate of drug-likeness (QED) is 0.134. The SMILES string of the molecule is CC(C)(C)[C@H](NC(=O)[C@H](Cc1cccnc1)NC(=O)CNC(=O)CC[C@H](NS(=O)(=O)c1ccc(Cl)c(C(F)(F)F)c1)C(=O)O)C(=O)N1CCC[C@H]1CC(N)=O. The van der Waals surface area contributed by atoms with Gasteiger partial charge in [-0.3, -0.25) is 33.8 Å². The first kappa shape index (κ1) is 44.6. The molecule has 0 saturated carbocycles. The number of carboxylic acids is 1. The lowest BCUT2D eigenvalue weighted by Gasteiger charge is -2.36. The van der Waals surface area contributed by atoms with Gasteiger partial charge in [0.05, 0.1) is 22.0 Å². The molecule has 2 heterocycles. The fourth-order valence-corrected chi connectivity index (χ4v) is 7.23. The van der Waals surface area contributed by atoms with Gasteiger partial charge in [0.15, 0.2) is 0 Å². The van der Waals surface area contributed by atoms with Crippen LogP contribution >= 0.6 is 11.6 Å². The number of aromatic nitrogens is 1. The number of carbonyl (C=O) groups is 6. The number of carboxylic acid groups (broad SMARTS) is 1. The largest absolute Gasteiger partial charge is 0.480 e. The lowest BCUT2D eigenvalue weighted by atomic mass is 9.85. The first-order chi connectivity index (χ1) is 25.5. The number of benzene rings is 1. The maximum Gasteiger partial charge on any atom is 0.417 e. The summed E-state index contributed by atoms with van der Waals surface area (Å²) in [6.45, 7) is 4.87. The summed E-state index contributed by atoms with van der Waals surface area (Å²) in [6.07, 6.45) is -2.23. The van der Waals surface area contributed by atoms with Crippen molar-refractivity contribution in [3.8, 4) is 0 Å². The Morgan fingerprint density at radius 2 is 1.75 bits per heavy atom. The lowest BCUT2D eigenvalue weighted by molar-refractivity contribution is -0.141. The Balaban J connectivity index is 1.67. The number of likely N-dealkylation sites (tertiary alicyclic amines) is 1. The Labute approximate surface area is 320 Å². The van der Waals surface area contributed by atoms with E-state index >= 15 is 0 Å². The van der Waals surface area contributed by atoms with Crippen molar-refractivity contribution in [2.24, 2.45) is 11.1 Å². The van der Waals surface area contributed by atoms with E-state index in [1.807, 2.05) is 0 Å². The van der Waals surface area contributed by atoms with Crippen LogP contribution in [0.3, 0.4) is 0 Å². The molecule has 302 valence electrons. The third-order valence-electron chi connectivity index (χ3n) is 8.57. The number of halogens is 4. The number of amides is 5. The smallest absolute Gasteiger partial charge is 0.417 e. The zero-order chi connectivity index (χ0) is 41.3. The van der Waals surface area contributed by atoms with Gasteiger partial charge >= 0.3 is 12.1 Å².